The summed E-state index contributed by atoms with van der Waals surface area (Å²) in [6, 6.07) is 62.8. The predicted molar refractivity (Wildman–Crippen MR) is 242 cm³/mol. The molecule has 0 saturated carbocycles. The van der Waals surface area contributed by atoms with Crippen molar-refractivity contribution >= 4 is 77.7 Å². The van der Waals surface area contributed by atoms with Gasteiger partial charge in [-0.25, -0.2) is 4.98 Å². The van der Waals surface area contributed by atoms with E-state index in [-0.39, 0.29) is 0 Å². The zero-order chi connectivity index (χ0) is 38.6. The number of anilines is 3. The highest BCUT2D eigenvalue weighted by molar-refractivity contribution is 6.19. The molecule has 0 unspecified atom stereocenters. The minimum atomic E-state index is 0.836. The van der Waals surface area contributed by atoms with Crippen LogP contribution in [0.2, 0.25) is 0 Å². The summed E-state index contributed by atoms with van der Waals surface area (Å²) in [5.74, 6) is 3.47. The van der Waals surface area contributed by atoms with E-state index in [0.717, 1.165) is 80.8 Å². The van der Waals surface area contributed by atoms with Crippen molar-refractivity contribution in [3.05, 3.63) is 193 Å². The van der Waals surface area contributed by atoms with Gasteiger partial charge in [0.15, 0.2) is 11.5 Å². The maximum Gasteiger partial charge on any atom is 0.151 e. The van der Waals surface area contributed by atoms with E-state index < -0.39 is 0 Å². The average Bonchev–Trinajstić information content (AvgIpc) is 3.93. The molecule has 1 aliphatic heterocycles. The molecule has 7 aromatic carbocycles. The number of rotatable bonds is 4. The maximum absolute atomic E-state index is 6.37. The van der Waals surface area contributed by atoms with Crippen LogP contribution in [0, 0.1) is 0 Å². The van der Waals surface area contributed by atoms with Gasteiger partial charge in [-0.05, 0) is 109 Å². The third-order valence-corrected chi connectivity index (χ3v) is 12.3. The lowest BCUT2D eigenvalue weighted by Gasteiger charge is -2.33. The van der Waals surface area contributed by atoms with Crippen molar-refractivity contribution in [2.45, 2.75) is 12.8 Å². The Morgan fingerprint density at radius 2 is 0.983 bits per heavy atom. The number of hydrogen-bond acceptors (Lipinski definition) is 3. The molecule has 11 aromatic rings. The topological polar surface area (TPSA) is 40.2 Å². The van der Waals surface area contributed by atoms with Gasteiger partial charge in [0.05, 0.1) is 44.7 Å². The van der Waals surface area contributed by atoms with Crippen molar-refractivity contribution in [3.8, 4) is 28.8 Å². The zero-order valence-corrected chi connectivity index (χ0v) is 32.0. The second-order valence-corrected chi connectivity index (χ2v) is 15.5. The number of benzene rings is 7. The van der Waals surface area contributed by atoms with Gasteiger partial charge < -0.3 is 14.2 Å². The normalized spacial score (nSPS) is 13.3. The molecule has 13 rings (SSSR count). The van der Waals surface area contributed by atoms with Crippen LogP contribution < -0.4 is 9.64 Å². The molecule has 0 bridgehead atoms. The summed E-state index contributed by atoms with van der Waals surface area (Å²) in [6.45, 7) is 0. The molecular weight excluding hydrogens is 723 g/mol. The van der Waals surface area contributed by atoms with Crippen molar-refractivity contribution in [3.63, 3.8) is 0 Å². The van der Waals surface area contributed by atoms with Crippen LogP contribution in [0.3, 0.4) is 0 Å². The molecule has 1 aliphatic carbocycles. The highest BCUT2D eigenvalue weighted by Gasteiger charge is 2.26. The van der Waals surface area contributed by atoms with Crippen LogP contribution >= 0.6 is 0 Å². The van der Waals surface area contributed by atoms with Crippen LogP contribution in [0.1, 0.15) is 17.7 Å². The number of aryl methyl sites for hydroxylation is 1. The number of pyridine rings is 1. The quantitative estimate of drug-likeness (QED) is 0.179. The molecule has 0 atom stereocenters. The standard InChI is InChI=1S/C53H35N5O/c1-6-22-43-36(17-1)37-18-2-7-23-44(37)57(43)52-29-14-30-53(54-52)58-45-24-8-4-20-39(45)41-32-40-38-19-3-5-21-42(38)55(48(40)33-49(41)58)34-15-13-16-35(31-34)56-46-25-9-11-27-50(46)59-51-28-12-10-26-47(51)56/h1,3-17,19-33H,2,18H2. The van der Waals surface area contributed by atoms with Gasteiger partial charge >= 0.3 is 0 Å². The molecule has 5 heterocycles. The number of para-hydroxylation sites is 7. The minimum Gasteiger partial charge on any atom is -0.453 e. The molecule has 0 saturated heterocycles. The van der Waals surface area contributed by atoms with E-state index in [2.05, 4.69) is 182 Å². The van der Waals surface area contributed by atoms with Crippen LogP contribution in [0.15, 0.2) is 182 Å². The molecule has 0 N–H and O–H groups in total. The summed E-state index contributed by atoms with van der Waals surface area (Å²) < 4.78 is 13.5. The SMILES string of the molecule is C1=Cc2c(c3ccccc3n2-c2cccc(-n3c4ccccc4c4cc5c6ccccc6n(-c6cccc(N7c8ccccc8Oc8ccccc87)c6)c5cc43)n2)CC1. The molecule has 2 aliphatic rings. The van der Waals surface area contributed by atoms with Crippen LogP contribution in [0.25, 0.3) is 77.9 Å². The van der Waals surface area contributed by atoms with Gasteiger partial charge in [0.2, 0.25) is 0 Å². The van der Waals surface area contributed by atoms with E-state index in [1.54, 1.807) is 0 Å². The highest BCUT2D eigenvalue weighted by Crippen LogP contribution is 2.50. The Kier molecular flexibility index (Phi) is 6.75. The molecule has 59 heavy (non-hydrogen) atoms. The van der Waals surface area contributed by atoms with Gasteiger partial charge in [-0.3, -0.25) is 9.13 Å². The summed E-state index contributed by atoms with van der Waals surface area (Å²) in [6.07, 6.45) is 6.65. The summed E-state index contributed by atoms with van der Waals surface area (Å²) >= 11 is 0. The lowest BCUT2D eigenvalue weighted by molar-refractivity contribution is 0.477. The van der Waals surface area contributed by atoms with Gasteiger partial charge in [-0.1, -0.05) is 97.1 Å². The smallest absolute Gasteiger partial charge is 0.151 e. The van der Waals surface area contributed by atoms with Crippen LogP contribution in [-0.2, 0) is 6.42 Å². The molecule has 0 amide bonds. The Hall–Kier alpha value is -7.83. The summed E-state index contributed by atoms with van der Waals surface area (Å²) in [5, 5.41) is 6.13. The second-order valence-electron chi connectivity index (χ2n) is 15.5. The summed E-state index contributed by atoms with van der Waals surface area (Å²) in [4.78, 5) is 7.80. The lowest BCUT2D eigenvalue weighted by atomic mass is 10.0. The Bertz CT molecular complexity index is 3520. The van der Waals surface area contributed by atoms with Gasteiger partial charge in [-0.2, -0.15) is 0 Å². The van der Waals surface area contributed by atoms with Crippen molar-refractivity contribution in [1.82, 2.24) is 18.7 Å². The Labute approximate surface area is 339 Å². The summed E-state index contributed by atoms with van der Waals surface area (Å²) in [7, 11) is 0. The van der Waals surface area contributed by atoms with Crippen LogP contribution in [-0.4, -0.2) is 18.7 Å². The van der Waals surface area contributed by atoms with Crippen molar-refractivity contribution in [1.29, 1.82) is 0 Å². The van der Waals surface area contributed by atoms with Crippen molar-refractivity contribution < 1.29 is 4.74 Å². The first-order valence-corrected chi connectivity index (χ1v) is 20.3. The molecular formula is C53H35N5O. The number of nitrogens with zero attached hydrogens (tertiary/aromatic N) is 5. The average molecular weight is 758 g/mol. The number of allylic oxidation sites excluding steroid dienone is 1. The second kappa shape index (κ2) is 12.3. The highest BCUT2D eigenvalue weighted by atomic mass is 16.5. The van der Waals surface area contributed by atoms with Gasteiger partial charge in [0, 0.05) is 38.3 Å². The first-order valence-electron chi connectivity index (χ1n) is 20.3. The molecule has 6 heteroatoms. The largest absolute Gasteiger partial charge is 0.453 e. The number of ether oxygens (including phenoxy) is 1. The third-order valence-electron chi connectivity index (χ3n) is 12.3. The Morgan fingerprint density at radius 1 is 0.424 bits per heavy atom. The number of fused-ring (bicyclic) bond motifs is 11. The van der Waals surface area contributed by atoms with E-state index in [1.165, 1.54) is 43.7 Å². The molecule has 278 valence electrons. The van der Waals surface area contributed by atoms with Gasteiger partial charge in [0.1, 0.15) is 11.6 Å². The van der Waals surface area contributed by atoms with Gasteiger partial charge in [-0.15, -0.1) is 0 Å². The fraction of sp³-hybridized carbons (Fsp3) is 0.0377. The first-order chi connectivity index (χ1) is 29.3. The van der Waals surface area contributed by atoms with E-state index in [0.29, 0.717) is 0 Å². The van der Waals surface area contributed by atoms with E-state index >= 15 is 0 Å². The predicted octanol–water partition coefficient (Wildman–Crippen LogP) is 13.8. The van der Waals surface area contributed by atoms with E-state index in [9.17, 15) is 0 Å². The van der Waals surface area contributed by atoms with Gasteiger partial charge in [0.25, 0.3) is 0 Å². The third kappa shape index (κ3) is 4.65. The van der Waals surface area contributed by atoms with E-state index in [1.807, 2.05) is 24.3 Å². The number of aromatic nitrogens is 4. The minimum absolute atomic E-state index is 0.836. The molecule has 0 fully saturated rings. The first kappa shape index (κ1) is 32.3. The lowest BCUT2D eigenvalue weighted by Crippen LogP contribution is -2.15. The molecule has 0 spiro atoms. The van der Waals surface area contributed by atoms with Crippen LogP contribution in [0.4, 0.5) is 17.1 Å². The maximum atomic E-state index is 6.37. The summed E-state index contributed by atoms with van der Waals surface area (Å²) in [5.41, 5.74) is 12.5. The fourth-order valence-corrected chi connectivity index (χ4v) is 9.81. The monoisotopic (exact) mass is 757 g/mol. The fourth-order valence-electron chi connectivity index (χ4n) is 9.81. The molecule has 4 aromatic heterocycles. The Balaban J connectivity index is 1.05. The Morgan fingerprint density at radius 3 is 1.71 bits per heavy atom. The molecule has 6 nitrogen and oxygen atoms in total. The number of hydrogen-bond donors (Lipinski definition) is 0. The zero-order valence-electron chi connectivity index (χ0n) is 32.0. The van der Waals surface area contributed by atoms with E-state index in [4.69, 9.17) is 9.72 Å². The molecule has 0 radical (unpaired) electrons. The van der Waals surface area contributed by atoms with Crippen LogP contribution in [0.5, 0.6) is 11.5 Å². The van der Waals surface area contributed by atoms with Crippen molar-refractivity contribution in [2.75, 3.05) is 4.90 Å². The van der Waals surface area contributed by atoms with Crippen molar-refractivity contribution in [2.24, 2.45) is 0 Å².